The van der Waals surface area contributed by atoms with Crippen molar-refractivity contribution < 1.29 is 0 Å². The van der Waals surface area contributed by atoms with Gasteiger partial charge in [0.15, 0.2) is 5.16 Å². The number of aromatic nitrogens is 5. The van der Waals surface area contributed by atoms with Crippen molar-refractivity contribution in [2.75, 3.05) is 5.73 Å². The van der Waals surface area contributed by atoms with Crippen LogP contribution in [-0.2, 0) is 5.75 Å². The Bertz CT molecular complexity index is 1480. The lowest BCUT2D eigenvalue weighted by molar-refractivity contribution is 0.794. The fourth-order valence-corrected chi connectivity index (χ4v) is 4.20. The molecule has 0 radical (unpaired) electrons. The molecule has 0 bridgehead atoms. The Balaban J connectivity index is 1.60. The van der Waals surface area contributed by atoms with Gasteiger partial charge in [0.05, 0.1) is 22.2 Å². The Morgan fingerprint density at radius 1 is 0.903 bits per heavy atom. The van der Waals surface area contributed by atoms with Crippen LogP contribution in [0.4, 0.5) is 5.82 Å². The minimum atomic E-state index is -0.164. The van der Waals surface area contributed by atoms with Crippen molar-refractivity contribution in [1.29, 1.82) is 0 Å². The highest BCUT2D eigenvalue weighted by Gasteiger charge is 2.15. The number of para-hydroxylation sites is 2. The molecule has 8 heteroatoms. The van der Waals surface area contributed by atoms with Crippen LogP contribution in [0.2, 0.25) is 0 Å². The van der Waals surface area contributed by atoms with E-state index in [1.165, 1.54) is 16.3 Å². The zero-order valence-corrected chi connectivity index (χ0v) is 17.5. The summed E-state index contributed by atoms with van der Waals surface area (Å²) in [5.41, 5.74) is 8.39. The van der Waals surface area contributed by atoms with Crippen LogP contribution in [0.5, 0.6) is 0 Å². The number of thioether (sulfide) groups is 1. The average molecular weight is 427 g/mol. The molecule has 0 fully saturated rings. The largest absolute Gasteiger partial charge is 0.383 e. The fraction of sp³-hybridized carbons (Fsp3) is 0.0870. The molecule has 5 rings (SSSR count). The van der Waals surface area contributed by atoms with E-state index in [1.807, 2.05) is 61.5 Å². The fourth-order valence-electron chi connectivity index (χ4n) is 3.35. The Kier molecular flexibility index (Phi) is 4.83. The van der Waals surface area contributed by atoms with E-state index in [0.29, 0.717) is 39.3 Å². The van der Waals surface area contributed by atoms with Crippen LogP contribution in [0.25, 0.3) is 27.6 Å². The summed E-state index contributed by atoms with van der Waals surface area (Å²) in [6, 6.07) is 18.7. The summed E-state index contributed by atoms with van der Waals surface area (Å²) in [4.78, 5) is 31.5. The van der Waals surface area contributed by atoms with Gasteiger partial charge >= 0.3 is 0 Å². The van der Waals surface area contributed by atoms with Crippen LogP contribution in [0, 0.1) is 6.92 Å². The van der Waals surface area contributed by atoms with Crippen LogP contribution in [0.15, 0.2) is 76.8 Å². The molecule has 0 saturated heterocycles. The number of nitrogens with zero attached hydrogens (tertiary/aromatic N) is 5. The van der Waals surface area contributed by atoms with Gasteiger partial charge in [-0.3, -0.25) is 4.79 Å². The molecule has 0 atom stereocenters. The number of aryl methyl sites for hydroxylation is 1. The number of fused-ring (bicyclic) bond motifs is 2. The van der Waals surface area contributed by atoms with Crippen LogP contribution in [0.3, 0.4) is 0 Å². The third kappa shape index (κ3) is 3.62. The first-order chi connectivity index (χ1) is 15.1. The second kappa shape index (κ2) is 7.81. The zero-order chi connectivity index (χ0) is 21.4. The van der Waals surface area contributed by atoms with E-state index in [9.17, 15) is 4.79 Å². The van der Waals surface area contributed by atoms with Crippen molar-refractivity contribution >= 4 is 39.4 Å². The molecular formula is C23H18N6OS. The number of rotatable bonds is 4. The second-order valence-electron chi connectivity index (χ2n) is 7.08. The van der Waals surface area contributed by atoms with Gasteiger partial charge in [0, 0.05) is 11.6 Å². The minimum absolute atomic E-state index is 0.164. The van der Waals surface area contributed by atoms with E-state index in [-0.39, 0.29) is 5.56 Å². The summed E-state index contributed by atoms with van der Waals surface area (Å²) in [6.45, 7) is 1.95. The van der Waals surface area contributed by atoms with E-state index in [1.54, 1.807) is 12.3 Å². The molecule has 152 valence electrons. The Morgan fingerprint density at radius 3 is 2.35 bits per heavy atom. The van der Waals surface area contributed by atoms with Crippen LogP contribution >= 0.6 is 11.8 Å². The molecule has 5 aromatic rings. The molecule has 0 amide bonds. The quantitative estimate of drug-likeness (QED) is 0.344. The number of nitrogen functional groups attached to an aromatic ring is 1. The van der Waals surface area contributed by atoms with Crippen molar-refractivity contribution in [3.05, 3.63) is 88.6 Å². The molecule has 0 aliphatic rings. The minimum Gasteiger partial charge on any atom is -0.383 e. The van der Waals surface area contributed by atoms with Gasteiger partial charge < -0.3 is 5.73 Å². The second-order valence-corrected chi connectivity index (χ2v) is 8.02. The van der Waals surface area contributed by atoms with Gasteiger partial charge in [0.25, 0.3) is 5.56 Å². The number of anilines is 1. The molecule has 0 unspecified atom stereocenters. The van der Waals surface area contributed by atoms with E-state index in [2.05, 4.69) is 15.0 Å². The maximum Gasteiger partial charge on any atom is 0.267 e. The molecular weight excluding hydrogens is 408 g/mol. The summed E-state index contributed by atoms with van der Waals surface area (Å²) in [5.74, 6) is 1.94. The Hall–Kier alpha value is -3.78. The van der Waals surface area contributed by atoms with Gasteiger partial charge in [-0.05, 0) is 42.8 Å². The first-order valence-corrected chi connectivity index (χ1v) is 10.7. The van der Waals surface area contributed by atoms with Gasteiger partial charge in [-0.15, -0.1) is 0 Å². The smallest absolute Gasteiger partial charge is 0.267 e. The van der Waals surface area contributed by atoms with Gasteiger partial charge in [-0.1, -0.05) is 42.1 Å². The summed E-state index contributed by atoms with van der Waals surface area (Å²) in [5, 5.41) is 1.89. The first-order valence-electron chi connectivity index (χ1n) is 9.69. The maximum atomic E-state index is 13.3. The van der Waals surface area contributed by atoms with Crippen LogP contribution in [0.1, 0.15) is 11.4 Å². The summed E-state index contributed by atoms with van der Waals surface area (Å²) in [6.07, 6.45) is 1.73. The van der Waals surface area contributed by atoms with E-state index >= 15 is 0 Å². The third-order valence-electron chi connectivity index (χ3n) is 4.88. The number of nitrogens with two attached hydrogens (primary N) is 1. The lowest BCUT2D eigenvalue weighted by atomic mass is 10.2. The van der Waals surface area contributed by atoms with Crippen molar-refractivity contribution in [2.45, 2.75) is 17.8 Å². The van der Waals surface area contributed by atoms with Crippen LogP contribution < -0.4 is 11.3 Å². The molecule has 3 aromatic heterocycles. The summed E-state index contributed by atoms with van der Waals surface area (Å²) in [7, 11) is 0. The predicted molar refractivity (Wildman–Crippen MR) is 123 cm³/mol. The summed E-state index contributed by atoms with van der Waals surface area (Å²) < 4.78 is 1.54. The molecule has 0 aliphatic carbocycles. The Labute approximate surface area is 182 Å². The van der Waals surface area contributed by atoms with E-state index < -0.39 is 0 Å². The molecule has 2 N–H and O–H groups in total. The molecule has 3 heterocycles. The maximum absolute atomic E-state index is 13.3. The highest BCUT2D eigenvalue weighted by Crippen LogP contribution is 2.25. The Morgan fingerprint density at radius 2 is 1.61 bits per heavy atom. The van der Waals surface area contributed by atoms with Crippen molar-refractivity contribution in [2.24, 2.45) is 0 Å². The molecule has 0 spiro atoms. The van der Waals surface area contributed by atoms with E-state index in [0.717, 1.165) is 16.5 Å². The average Bonchev–Trinajstić information content (AvgIpc) is 2.79. The summed E-state index contributed by atoms with van der Waals surface area (Å²) >= 11 is 1.38. The number of hydrogen-bond acceptors (Lipinski definition) is 7. The number of pyridine rings is 1. The lowest BCUT2D eigenvalue weighted by Crippen LogP contribution is -2.22. The molecule has 0 saturated carbocycles. The SMILES string of the molecule is Cc1ccc(-n2c(SCc3nc(N)c4ccccc4n3)nc3ccccc3c2=O)nc1. The third-order valence-corrected chi connectivity index (χ3v) is 5.81. The highest BCUT2D eigenvalue weighted by molar-refractivity contribution is 7.98. The predicted octanol–water partition coefficient (Wildman–Crippen LogP) is 3.91. The first kappa shape index (κ1) is 19.2. The van der Waals surface area contributed by atoms with Crippen molar-refractivity contribution in [3.63, 3.8) is 0 Å². The van der Waals surface area contributed by atoms with E-state index in [4.69, 9.17) is 10.7 Å². The lowest BCUT2D eigenvalue weighted by Gasteiger charge is -2.12. The normalized spacial score (nSPS) is 11.3. The zero-order valence-electron chi connectivity index (χ0n) is 16.7. The van der Waals surface area contributed by atoms with Gasteiger partial charge in [0.1, 0.15) is 17.5 Å². The highest BCUT2D eigenvalue weighted by atomic mass is 32.2. The van der Waals surface area contributed by atoms with Crippen LogP contribution in [-0.4, -0.2) is 24.5 Å². The van der Waals surface area contributed by atoms with Gasteiger partial charge in [0.2, 0.25) is 0 Å². The van der Waals surface area contributed by atoms with Crippen molar-refractivity contribution in [1.82, 2.24) is 24.5 Å². The van der Waals surface area contributed by atoms with Gasteiger partial charge in [-0.25, -0.2) is 24.5 Å². The van der Waals surface area contributed by atoms with Gasteiger partial charge in [-0.2, -0.15) is 0 Å². The standard InChI is InChI=1S/C23H18N6OS/c1-14-10-11-20(25-12-14)29-22(30)16-7-3-5-9-18(16)27-23(29)31-13-19-26-17-8-4-2-6-15(17)21(24)28-19/h2-12H,13H2,1H3,(H2,24,26,28). The number of benzene rings is 2. The van der Waals surface area contributed by atoms with Crippen molar-refractivity contribution in [3.8, 4) is 5.82 Å². The molecule has 7 nitrogen and oxygen atoms in total. The topological polar surface area (TPSA) is 99.6 Å². The monoisotopic (exact) mass is 426 g/mol. The molecule has 0 aliphatic heterocycles. The number of hydrogen-bond donors (Lipinski definition) is 1. The molecule has 31 heavy (non-hydrogen) atoms. The molecule has 2 aromatic carbocycles.